The largest absolute Gasteiger partial charge is 0.456 e. The minimum absolute atomic E-state index is 0.143. The number of hydrogen-bond acceptors (Lipinski definition) is 7. The van der Waals surface area contributed by atoms with Gasteiger partial charge in [-0.25, -0.2) is 9.59 Å². The highest BCUT2D eigenvalue weighted by Crippen LogP contribution is 2.53. The van der Waals surface area contributed by atoms with Crippen LogP contribution in [0.4, 0.5) is 0 Å². The number of fused-ring (bicyclic) bond motifs is 2. The van der Waals surface area contributed by atoms with Gasteiger partial charge in [0.15, 0.2) is 6.61 Å². The number of aliphatic hydroxyl groups is 3. The van der Waals surface area contributed by atoms with Crippen LogP contribution in [0.2, 0.25) is 0 Å². The summed E-state index contributed by atoms with van der Waals surface area (Å²) in [4.78, 5) is 23.6. The van der Waals surface area contributed by atoms with Crippen LogP contribution < -0.4 is 0 Å². The van der Waals surface area contributed by atoms with Gasteiger partial charge in [-0.1, -0.05) is 13.5 Å². The summed E-state index contributed by atoms with van der Waals surface area (Å²) < 4.78 is 10.4. The molecule has 0 aromatic rings. The van der Waals surface area contributed by atoms with E-state index in [1.807, 2.05) is 0 Å². The van der Waals surface area contributed by atoms with Gasteiger partial charge in [0.2, 0.25) is 0 Å². The molecule has 0 amide bonds. The Morgan fingerprint density at radius 2 is 1.72 bits per heavy atom. The molecule has 0 spiro atoms. The Morgan fingerprint density at radius 1 is 1.16 bits per heavy atom. The van der Waals surface area contributed by atoms with Crippen molar-refractivity contribution in [3.05, 3.63) is 12.2 Å². The molecule has 3 atom stereocenters. The van der Waals surface area contributed by atoms with Gasteiger partial charge in [-0.15, -0.1) is 0 Å². The van der Waals surface area contributed by atoms with E-state index in [0.717, 1.165) is 0 Å². The van der Waals surface area contributed by atoms with Crippen LogP contribution in [0.3, 0.4) is 0 Å². The third-order valence-electron chi connectivity index (χ3n) is 5.36. The molecule has 0 aromatic heterocycles. The van der Waals surface area contributed by atoms with Crippen LogP contribution in [0.1, 0.15) is 52.4 Å². The van der Waals surface area contributed by atoms with E-state index in [0.29, 0.717) is 19.3 Å². The number of ether oxygens (including phenoxy) is 2. The first-order valence-electron chi connectivity index (χ1n) is 8.63. The lowest BCUT2D eigenvalue weighted by atomic mass is 9.58. The van der Waals surface area contributed by atoms with Gasteiger partial charge in [-0.05, 0) is 26.2 Å². The molecular formula is C18H28O7. The molecule has 7 heteroatoms. The molecule has 0 radical (unpaired) electrons. The molecule has 2 bridgehead atoms. The Bertz CT molecular complexity index is 540. The summed E-state index contributed by atoms with van der Waals surface area (Å²) >= 11 is 0. The molecule has 0 saturated heterocycles. The summed E-state index contributed by atoms with van der Waals surface area (Å²) in [5.41, 5.74) is -3.31. The molecular weight excluding hydrogens is 328 g/mol. The zero-order valence-electron chi connectivity index (χ0n) is 14.9. The third-order valence-corrected chi connectivity index (χ3v) is 5.36. The Hall–Kier alpha value is -1.44. The van der Waals surface area contributed by atoms with Crippen LogP contribution >= 0.6 is 0 Å². The summed E-state index contributed by atoms with van der Waals surface area (Å²) in [6, 6.07) is 0. The van der Waals surface area contributed by atoms with Crippen molar-refractivity contribution in [2.45, 2.75) is 69.2 Å². The summed E-state index contributed by atoms with van der Waals surface area (Å²) in [5.74, 6) is -1.95. The highest BCUT2D eigenvalue weighted by molar-refractivity contribution is 5.88. The number of aliphatic hydroxyl groups excluding tert-OH is 1. The average Bonchev–Trinajstić information content (AvgIpc) is 2.49. The number of hydrogen-bond donors (Lipinski definition) is 3. The first-order valence-corrected chi connectivity index (χ1v) is 8.63. The van der Waals surface area contributed by atoms with Crippen molar-refractivity contribution >= 4 is 11.9 Å². The van der Waals surface area contributed by atoms with Crippen molar-refractivity contribution < 1.29 is 34.4 Å². The monoisotopic (exact) mass is 356 g/mol. The Balaban J connectivity index is 2.17. The molecule has 0 aliphatic heterocycles. The van der Waals surface area contributed by atoms with Crippen LogP contribution in [0.25, 0.3) is 0 Å². The summed E-state index contributed by atoms with van der Waals surface area (Å²) in [6.45, 7) is 5.77. The number of carbonyl (C=O) groups excluding carboxylic acids is 2. The maximum atomic E-state index is 12.2. The van der Waals surface area contributed by atoms with Crippen molar-refractivity contribution in [3.8, 4) is 0 Å². The van der Waals surface area contributed by atoms with Crippen LogP contribution in [-0.4, -0.2) is 57.3 Å². The lowest BCUT2D eigenvalue weighted by molar-refractivity contribution is -0.234. The Morgan fingerprint density at radius 3 is 2.20 bits per heavy atom. The van der Waals surface area contributed by atoms with Crippen molar-refractivity contribution in [2.75, 3.05) is 13.2 Å². The van der Waals surface area contributed by atoms with Gasteiger partial charge in [0.1, 0.15) is 5.60 Å². The molecule has 3 N–H and O–H groups in total. The highest BCUT2D eigenvalue weighted by atomic mass is 16.6. The summed E-state index contributed by atoms with van der Waals surface area (Å²) in [5, 5.41) is 31.3. The zero-order valence-corrected chi connectivity index (χ0v) is 14.9. The normalized spacial score (nSPS) is 35.6. The minimum atomic E-state index is -1.20. The zero-order chi connectivity index (χ0) is 18.9. The van der Waals surface area contributed by atoms with Crippen molar-refractivity contribution in [3.63, 3.8) is 0 Å². The van der Waals surface area contributed by atoms with E-state index >= 15 is 0 Å². The summed E-state index contributed by atoms with van der Waals surface area (Å²) in [7, 11) is 0. The number of esters is 2. The van der Waals surface area contributed by atoms with Gasteiger partial charge >= 0.3 is 11.9 Å². The van der Waals surface area contributed by atoms with Crippen LogP contribution in [0, 0.1) is 5.92 Å². The highest BCUT2D eigenvalue weighted by Gasteiger charge is 2.59. The van der Waals surface area contributed by atoms with E-state index in [1.165, 1.54) is 6.92 Å². The van der Waals surface area contributed by atoms with Gasteiger partial charge in [0.05, 0.1) is 11.2 Å². The molecule has 2 aliphatic rings. The quantitative estimate of drug-likeness (QED) is 0.477. The first-order chi connectivity index (χ1) is 11.5. The third kappa shape index (κ3) is 4.40. The van der Waals surface area contributed by atoms with Gasteiger partial charge < -0.3 is 24.8 Å². The molecule has 25 heavy (non-hydrogen) atoms. The number of carbonyl (C=O) groups is 2. The molecule has 142 valence electrons. The van der Waals surface area contributed by atoms with Gasteiger partial charge in [0, 0.05) is 37.4 Å². The van der Waals surface area contributed by atoms with E-state index in [2.05, 4.69) is 6.58 Å². The van der Waals surface area contributed by atoms with Crippen LogP contribution in [0.5, 0.6) is 0 Å². The Labute approximate surface area is 147 Å². The lowest BCUT2D eigenvalue weighted by Gasteiger charge is -2.56. The van der Waals surface area contributed by atoms with Crippen LogP contribution in [0.15, 0.2) is 12.2 Å². The van der Waals surface area contributed by atoms with Crippen LogP contribution in [-0.2, 0) is 19.1 Å². The molecule has 2 rings (SSSR count). The van der Waals surface area contributed by atoms with E-state index in [-0.39, 0.29) is 31.4 Å². The lowest BCUT2D eigenvalue weighted by Crippen LogP contribution is -2.62. The fourth-order valence-electron chi connectivity index (χ4n) is 4.21. The molecule has 3 unspecified atom stereocenters. The minimum Gasteiger partial charge on any atom is -0.456 e. The topological polar surface area (TPSA) is 113 Å². The average molecular weight is 356 g/mol. The maximum Gasteiger partial charge on any atom is 0.344 e. The SMILES string of the molecule is C=C(C)C(=O)OCC(=O)OC1(C(C)CO)CC2(O)CCCC(O)(C2)C1. The fraction of sp³-hybridized carbons (Fsp3) is 0.778. The molecule has 2 fully saturated rings. The number of rotatable bonds is 6. The van der Waals surface area contributed by atoms with E-state index < -0.39 is 41.3 Å². The fourth-order valence-corrected chi connectivity index (χ4v) is 4.21. The second kappa shape index (κ2) is 7.05. The van der Waals surface area contributed by atoms with Gasteiger partial charge in [-0.2, -0.15) is 0 Å². The van der Waals surface area contributed by atoms with E-state index in [1.54, 1.807) is 6.92 Å². The second-order valence-electron chi connectivity index (χ2n) is 7.81. The molecule has 2 saturated carbocycles. The van der Waals surface area contributed by atoms with Gasteiger partial charge in [-0.3, -0.25) is 0 Å². The molecule has 0 heterocycles. The van der Waals surface area contributed by atoms with Crippen molar-refractivity contribution in [2.24, 2.45) is 5.92 Å². The van der Waals surface area contributed by atoms with Crippen molar-refractivity contribution in [1.82, 2.24) is 0 Å². The standard InChI is InChI=1S/C18H28O7/c1-12(2)15(21)24-8-14(20)25-18(13(3)7-19)10-16(22)5-4-6-17(23,9-16)11-18/h13,19,22-23H,1,4-11H2,2-3H3. The van der Waals surface area contributed by atoms with Crippen molar-refractivity contribution in [1.29, 1.82) is 0 Å². The van der Waals surface area contributed by atoms with E-state index in [9.17, 15) is 24.9 Å². The van der Waals surface area contributed by atoms with Gasteiger partial charge in [0.25, 0.3) is 0 Å². The first kappa shape index (κ1) is 19.9. The smallest absolute Gasteiger partial charge is 0.344 e. The second-order valence-corrected chi connectivity index (χ2v) is 7.81. The predicted octanol–water partition coefficient (Wildman–Crippen LogP) is 0.846. The summed E-state index contributed by atoms with van der Waals surface area (Å²) in [6.07, 6.45) is 2.24. The maximum absolute atomic E-state index is 12.2. The molecule has 7 nitrogen and oxygen atoms in total. The van der Waals surface area contributed by atoms with E-state index in [4.69, 9.17) is 9.47 Å². The predicted molar refractivity (Wildman–Crippen MR) is 88.4 cm³/mol. The molecule has 0 aromatic carbocycles. The Kier molecular flexibility index (Phi) is 5.61. The molecule has 2 aliphatic carbocycles.